The van der Waals surface area contributed by atoms with Gasteiger partial charge in [-0.25, -0.2) is 0 Å². The van der Waals surface area contributed by atoms with Gasteiger partial charge in [0.15, 0.2) is 0 Å². The van der Waals surface area contributed by atoms with Crippen LogP contribution in [-0.2, 0) is 8.85 Å². The van der Waals surface area contributed by atoms with Crippen LogP contribution in [0.4, 0.5) is 0 Å². The highest BCUT2D eigenvalue weighted by Crippen LogP contribution is 2.27. The lowest BCUT2D eigenvalue weighted by Gasteiger charge is -2.30. The largest absolute Gasteiger partial charge is 0.394 e. The van der Waals surface area contributed by atoms with E-state index in [1.807, 2.05) is 0 Å². The Morgan fingerprint density at radius 1 is 0.905 bits per heavy atom. The van der Waals surface area contributed by atoms with E-state index in [1.165, 1.54) is 18.6 Å². The van der Waals surface area contributed by atoms with Gasteiger partial charge in [0.1, 0.15) is 7.22 Å². The van der Waals surface area contributed by atoms with Crippen molar-refractivity contribution in [3.05, 3.63) is 0 Å². The molecule has 0 N–H and O–H groups in total. The van der Waals surface area contributed by atoms with E-state index < -0.39 is 15.8 Å². The molecule has 5 heteroatoms. The van der Waals surface area contributed by atoms with Gasteiger partial charge in [-0.15, -0.1) is 0 Å². The van der Waals surface area contributed by atoms with Gasteiger partial charge >= 0.3 is 8.56 Å². The first kappa shape index (κ1) is 21.7. The molecule has 0 aromatic rings. The fourth-order valence-electron chi connectivity index (χ4n) is 2.11. The van der Waals surface area contributed by atoms with Crippen LogP contribution >= 0.6 is 11.2 Å². The maximum absolute atomic E-state index is 6.24. The Morgan fingerprint density at radius 2 is 1.38 bits per heavy atom. The maximum atomic E-state index is 6.24. The molecule has 0 saturated carbocycles. The van der Waals surface area contributed by atoms with E-state index >= 15 is 0 Å². The molecule has 0 rings (SSSR count). The lowest BCUT2D eigenvalue weighted by atomic mass is 10.3. The van der Waals surface area contributed by atoms with Gasteiger partial charge in [0.25, 0.3) is 0 Å². The van der Waals surface area contributed by atoms with Gasteiger partial charge in [-0.3, -0.25) is 0 Å². The van der Waals surface area contributed by atoms with Crippen LogP contribution in [-0.4, -0.2) is 34.8 Å². The van der Waals surface area contributed by atoms with Crippen LogP contribution in [0, 0.1) is 5.92 Å². The highest BCUT2D eigenvalue weighted by atomic mass is 32.4. The zero-order valence-electron chi connectivity index (χ0n) is 15.5. The maximum Gasteiger partial charge on any atom is 0.335 e. The number of rotatable bonds is 13. The molecule has 0 amide bonds. The SMILES string of the molecule is CCCCO[Si](C)(CC(C)CS[Si](C)(C)C)OCCCC. The summed E-state index contributed by atoms with van der Waals surface area (Å²) in [5, 5.41) is 0. The summed E-state index contributed by atoms with van der Waals surface area (Å²) in [5.74, 6) is 1.95. The van der Waals surface area contributed by atoms with E-state index in [4.69, 9.17) is 8.85 Å². The van der Waals surface area contributed by atoms with Crippen LogP contribution in [0.5, 0.6) is 0 Å². The minimum Gasteiger partial charge on any atom is -0.394 e. The molecule has 0 aliphatic heterocycles. The van der Waals surface area contributed by atoms with Gasteiger partial charge in [-0.1, -0.05) is 53.3 Å². The molecule has 0 spiro atoms. The van der Waals surface area contributed by atoms with Crippen molar-refractivity contribution in [2.24, 2.45) is 5.92 Å². The molecule has 21 heavy (non-hydrogen) atoms. The van der Waals surface area contributed by atoms with Gasteiger partial charge < -0.3 is 8.85 Å². The van der Waals surface area contributed by atoms with Gasteiger partial charge in [0.05, 0.1) is 0 Å². The first-order chi connectivity index (χ1) is 9.72. The van der Waals surface area contributed by atoms with E-state index in [2.05, 4.69) is 58.2 Å². The monoisotopic (exact) mass is 350 g/mol. The van der Waals surface area contributed by atoms with Crippen molar-refractivity contribution in [2.45, 2.75) is 78.7 Å². The average Bonchev–Trinajstić information content (AvgIpc) is 2.36. The average molecular weight is 351 g/mol. The molecule has 0 heterocycles. The summed E-state index contributed by atoms with van der Waals surface area (Å²) >= 11 is 2.19. The topological polar surface area (TPSA) is 18.5 Å². The summed E-state index contributed by atoms with van der Waals surface area (Å²) in [4.78, 5) is 0. The Morgan fingerprint density at radius 3 is 1.76 bits per heavy atom. The molecule has 1 atom stereocenters. The van der Waals surface area contributed by atoms with Gasteiger partial charge in [0.2, 0.25) is 0 Å². The Kier molecular flexibility index (Phi) is 11.6. The van der Waals surface area contributed by atoms with Gasteiger partial charge in [0, 0.05) is 13.2 Å². The second kappa shape index (κ2) is 11.3. The predicted molar refractivity (Wildman–Crippen MR) is 103 cm³/mol. The minimum atomic E-state index is -1.98. The van der Waals surface area contributed by atoms with Crippen molar-refractivity contribution >= 4 is 27.0 Å². The molecule has 2 nitrogen and oxygen atoms in total. The van der Waals surface area contributed by atoms with Crippen LogP contribution in [0.2, 0.25) is 32.2 Å². The zero-order chi connectivity index (χ0) is 16.4. The number of hydrogen-bond acceptors (Lipinski definition) is 3. The molecule has 0 aromatic heterocycles. The minimum absolute atomic E-state index is 0.696. The highest BCUT2D eigenvalue weighted by molar-refractivity contribution is 8.28. The van der Waals surface area contributed by atoms with Gasteiger partial charge in [-0.05, 0) is 37.1 Å². The van der Waals surface area contributed by atoms with Crippen LogP contribution in [0.15, 0.2) is 0 Å². The van der Waals surface area contributed by atoms with Crippen molar-refractivity contribution in [1.29, 1.82) is 0 Å². The zero-order valence-corrected chi connectivity index (χ0v) is 18.3. The Balaban J connectivity index is 4.34. The molecule has 1 unspecified atom stereocenters. The van der Waals surface area contributed by atoms with Crippen molar-refractivity contribution in [2.75, 3.05) is 19.0 Å². The normalized spacial score (nSPS) is 14.4. The van der Waals surface area contributed by atoms with Crippen molar-refractivity contribution in [1.82, 2.24) is 0 Å². The third-order valence-electron chi connectivity index (χ3n) is 3.33. The summed E-state index contributed by atoms with van der Waals surface area (Å²) in [6.07, 6.45) is 4.69. The molecule has 0 aromatic carbocycles. The molecule has 0 radical (unpaired) electrons. The quantitative estimate of drug-likeness (QED) is 0.304. The van der Waals surface area contributed by atoms with E-state index in [0.29, 0.717) is 5.92 Å². The first-order valence-electron chi connectivity index (χ1n) is 8.64. The van der Waals surface area contributed by atoms with Crippen molar-refractivity contribution < 1.29 is 8.85 Å². The van der Waals surface area contributed by atoms with E-state index in [0.717, 1.165) is 32.1 Å². The molecule has 0 saturated heterocycles. The Hall–Kier alpha value is 0.704. The molecule has 0 aliphatic rings. The molecule has 128 valence electrons. The molecule has 0 bridgehead atoms. The molecular formula is C16H38O2SSi2. The predicted octanol–water partition coefficient (Wildman–Crippen LogP) is 5.90. The summed E-state index contributed by atoms with van der Waals surface area (Å²) in [6, 6.07) is 1.14. The van der Waals surface area contributed by atoms with Crippen LogP contribution in [0.3, 0.4) is 0 Å². The van der Waals surface area contributed by atoms with Crippen LogP contribution in [0.25, 0.3) is 0 Å². The van der Waals surface area contributed by atoms with Crippen molar-refractivity contribution in [3.8, 4) is 0 Å². The standard InChI is InChI=1S/C16H38O2SSi2/c1-8-10-12-17-21(7,18-13-11-9-2)15-16(3)14-19-20(4,5)6/h16H,8-15H2,1-7H3. The highest BCUT2D eigenvalue weighted by Gasteiger charge is 2.33. The van der Waals surface area contributed by atoms with Gasteiger partial charge in [-0.2, -0.15) is 11.2 Å². The third-order valence-corrected chi connectivity index (χ3v) is 11.1. The number of unbranched alkanes of at least 4 members (excludes halogenated alkanes) is 2. The van der Waals surface area contributed by atoms with E-state index in [9.17, 15) is 0 Å². The lowest BCUT2D eigenvalue weighted by Crippen LogP contribution is -2.41. The first-order valence-corrected chi connectivity index (χ1v) is 16.4. The van der Waals surface area contributed by atoms with Crippen LogP contribution in [0.1, 0.15) is 46.5 Å². The van der Waals surface area contributed by atoms with E-state index in [-0.39, 0.29) is 0 Å². The van der Waals surface area contributed by atoms with Crippen LogP contribution < -0.4 is 0 Å². The second-order valence-corrected chi connectivity index (χ2v) is 19.9. The fourth-order valence-corrected chi connectivity index (χ4v) is 8.46. The fraction of sp³-hybridized carbons (Fsp3) is 1.00. The Bertz CT molecular complexity index is 247. The van der Waals surface area contributed by atoms with Crippen molar-refractivity contribution in [3.63, 3.8) is 0 Å². The third kappa shape index (κ3) is 12.9. The molecule has 0 fully saturated rings. The smallest absolute Gasteiger partial charge is 0.335 e. The number of hydrogen-bond donors (Lipinski definition) is 0. The summed E-state index contributed by atoms with van der Waals surface area (Å²) in [5.41, 5.74) is 0. The molecular weight excluding hydrogens is 312 g/mol. The summed E-state index contributed by atoms with van der Waals surface area (Å²) in [6.45, 7) is 18.1. The second-order valence-electron chi connectivity index (χ2n) is 7.27. The summed E-state index contributed by atoms with van der Waals surface area (Å²) in [7, 11) is -2.99. The lowest BCUT2D eigenvalue weighted by molar-refractivity contribution is 0.165. The summed E-state index contributed by atoms with van der Waals surface area (Å²) < 4.78 is 12.5. The molecule has 0 aliphatic carbocycles. The van der Waals surface area contributed by atoms with E-state index in [1.54, 1.807) is 0 Å². The Labute approximate surface area is 139 Å².